The van der Waals surface area contributed by atoms with Crippen molar-refractivity contribution in [3.05, 3.63) is 132 Å². The summed E-state index contributed by atoms with van der Waals surface area (Å²) >= 11 is 0. The van der Waals surface area contributed by atoms with E-state index in [1.807, 2.05) is 55.5 Å². The van der Waals surface area contributed by atoms with Crippen molar-refractivity contribution in [2.45, 2.75) is 32.8 Å². The number of Topliss-reactive ketones (excluding diaryl/α,β-unsaturated/α-hetero) is 1. The van der Waals surface area contributed by atoms with Crippen LogP contribution in [0.2, 0.25) is 0 Å². The van der Waals surface area contributed by atoms with Crippen LogP contribution in [0.3, 0.4) is 0 Å². The Hall–Kier alpha value is -7.22. The van der Waals surface area contributed by atoms with Gasteiger partial charge in [-0.2, -0.15) is 0 Å². The second kappa shape index (κ2) is 23.1. The Morgan fingerprint density at radius 3 is 1.75 bits per heavy atom. The van der Waals surface area contributed by atoms with Crippen LogP contribution in [-0.4, -0.2) is 71.6 Å². The summed E-state index contributed by atoms with van der Waals surface area (Å²) in [7, 11) is 6.09. The number of nitrogens with one attached hydrogen (secondary N) is 3. The molecule has 0 radical (unpaired) electrons. The fourth-order valence-electron chi connectivity index (χ4n) is 5.51. The van der Waals surface area contributed by atoms with Gasteiger partial charge in [-0.05, 0) is 85.1 Å². The maximum atomic E-state index is 12.6. The van der Waals surface area contributed by atoms with E-state index in [9.17, 15) is 19.2 Å². The first kappa shape index (κ1) is 44.5. The first-order valence-corrected chi connectivity index (χ1v) is 18.5. The molecule has 0 aliphatic heterocycles. The minimum atomic E-state index is -0.874. The second-order valence-electron chi connectivity index (χ2n) is 12.8. The first-order valence-electron chi connectivity index (χ1n) is 18.5. The van der Waals surface area contributed by atoms with Gasteiger partial charge in [0.1, 0.15) is 13.2 Å². The van der Waals surface area contributed by atoms with Crippen molar-refractivity contribution in [2.24, 2.45) is 0 Å². The Bertz CT molecular complexity index is 2120. The summed E-state index contributed by atoms with van der Waals surface area (Å²) in [5.74, 6) is 2.21. The Labute approximate surface area is 343 Å². The molecule has 0 bridgehead atoms. The van der Waals surface area contributed by atoms with E-state index in [-0.39, 0.29) is 24.9 Å². The maximum Gasteiger partial charge on any atom is 0.412 e. The van der Waals surface area contributed by atoms with Crippen LogP contribution < -0.4 is 39.6 Å². The number of rotatable bonds is 17. The zero-order chi connectivity index (χ0) is 42.6. The van der Waals surface area contributed by atoms with Gasteiger partial charge in [-0.25, -0.2) is 9.59 Å². The lowest BCUT2D eigenvalue weighted by Gasteiger charge is -2.20. The van der Waals surface area contributed by atoms with Crippen molar-refractivity contribution in [3.8, 4) is 28.7 Å². The molecule has 0 aliphatic carbocycles. The number of benzene rings is 5. The van der Waals surface area contributed by atoms with Crippen LogP contribution in [0.1, 0.15) is 34.8 Å². The third kappa shape index (κ3) is 14.7. The lowest BCUT2D eigenvalue weighted by molar-refractivity contribution is -0.114. The summed E-state index contributed by atoms with van der Waals surface area (Å²) in [6, 6.07) is 34.0. The number of ketones is 1. The Morgan fingerprint density at radius 1 is 0.576 bits per heavy atom. The molecule has 14 heteroatoms. The van der Waals surface area contributed by atoms with Crippen LogP contribution in [0.15, 0.2) is 115 Å². The molecule has 0 aromatic heterocycles. The zero-order valence-corrected chi connectivity index (χ0v) is 33.9. The molecule has 1 unspecified atom stereocenters. The van der Waals surface area contributed by atoms with Crippen LogP contribution in [0.25, 0.3) is 0 Å². The summed E-state index contributed by atoms with van der Waals surface area (Å²) in [4.78, 5) is 48.3. The average Bonchev–Trinajstić information content (AvgIpc) is 3.24. The van der Waals surface area contributed by atoms with Crippen molar-refractivity contribution in [1.82, 2.24) is 0 Å². The number of methoxy groups -OCH3 is 4. The Morgan fingerprint density at radius 2 is 1.17 bits per heavy atom. The highest BCUT2D eigenvalue weighted by atomic mass is 16.6. The van der Waals surface area contributed by atoms with E-state index < -0.39 is 18.3 Å². The Kier molecular flexibility index (Phi) is 17.4. The fourth-order valence-corrected chi connectivity index (χ4v) is 5.51. The summed E-state index contributed by atoms with van der Waals surface area (Å²) in [5.41, 5.74) is 4.35. The summed E-state index contributed by atoms with van der Waals surface area (Å²) in [5, 5.41) is 7.98. The van der Waals surface area contributed by atoms with Crippen molar-refractivity contribution in [1.29, 1.82) is 0 Å². The van der Waals surface area contributed by atoms with Crippen molar-refractivity contribution >= 4 is 40.9 Å². The molecule has 310 valence electrons. The lowest BCUT2D eigenvalue weighted by Crippen LogP contribution is -2.33. The molecule has 0 saturated heterocycles. The fraction of sp³-hybridized carbons (Fsp3) is 0.244. The maximum absolute atomic E-state index is 12.6. The predicted octanol–water partition coefficient (Wildman–Crippen LogP) is 8.73. The molecule has 5 aromatic carbocycles. The topological polar surface area (TPSA) is 169 Å². The smallest absolute Gasteiger partial charge is 0.412 e. The molecular weight excluding hydrogens is 759 g/mol. The number of anilines is 3. The summed E-state index contributed by atoms with van der Waals surface area (Å²) in [6.45, 7) is 3.13. The highest BCUT2D eigenvalue weighted by molar-refractivity contribution is 5.97. The zero-order valence-electron chi connectivity index (χ0n) is 33.9. The molecule has 59 heavy (non-hydrogen) atoms. The summed E-state index contributed by atoms with van der Waals surface area (Å²) < 4.78 is 37.7. The number of carbonyl (C=O) groups is 4. The predicted molar refractivity (Wildman–Crippen MR) is 224 cm³/mol. The quantitative estimate of drug-likeness (QED) is 0.0769. The molecule has 14 nitrogen and oxygen atoms in total. The third-order valence-corrected chi connectivity index (χ3v) is 8.33. The van der Waals surface area contributed by atoms with Crippen molar-refractivity contribution in [3.63, 3.8) is 0 Å². The molecule has 0 fully saturated rings. The molecule has 3 amide bonds. The van der Waals surface area contributed by atoms with Crippen LogP contribution in [0.5, 0.6) is 28.7 Å². The summed E-state index contributed by atoms with van der Waals surface area (Å²) in [6.07, 6.45) is -1.37. The molecule has 0 saturated carbocycles. The van der Waals surface area contributed by atoms with Gasteiger partial charge < -0.3 is 38.5 Å². The number of aryl methyl sites for hydroxylation is 2. The molecule has 1 atom stereocenters. The van der Waals surface area contributed by atoms with E-state index in [2.05, 4.69) is 16.0 Å². The van der Waals surface area contributed by atoms with Gasteiger partial charge in [-0.1, -0.05) is 54.6 Å². The van der Waals surface area contributed by atoms with Gasteiger partial charge in [0.2, 0.25) is 11.7 Å². The van der Waals surface area contributed by atoms with E-state index in [1.165, 1.54) is 28.3 Å². The van der Waals surface area contributed by atoms with E-state index in [0.29, 0.717) is 58.5 Å². The number of hydrogen-bond acceptors (Lipinski definition) is 11. The lowest BCUT2D eigenvalue weighted by atomic mass is 10.0. The van der Waals surface area contributed by atoms with Crippen molar-refractivity contribution in [2.75, 3.05) is 57.6 Å². The molecule has 0 heterocycles. The van der Waals surface area contributed by atoms with Gasteiger partial charge in [-0.3, -0.25) is 20.2 Å². The highest BCUT2D eigenvalue weighted by Gasteiger charge is 2.20. The van der Waals surface area contributed by atoms with Crippen LogP contribution in [0, 0.1) is 6.92 Å². The number of hydrogen-bond donors (Lipinski definition) is 3. The van der Waals surface area contributed by atoms with Crippen molar-refractivity contribution < 1.29 is 52.3 Å². The molecule has 0 aliphatic rings. The minimum absolute atomic E-state index is 0.0332. The van der Waals surface area contributed by atoms with E-state index in [4.69, 9.17) is 33.2 Å². The van der Waals surface area contributed by atoms with Gasteiger partial charge in [0, 0.05) is 36.0 Å². The number of carbonyl (C=O) groups excluding carboxylic acids is 4. The van der Waals surface area contributed by atoms with Crippen LogP contribution in [0.4, 0.5) is 26.7 Å². The highest BCUT2D eigenvalue weighted by Crippen LogP contribution is 2.38. The first-order chi connectivity index (χ1) is 28.5. The number of para-hydroxylation sites is 2. The molecule has 5 rings (SSSR count). The van der Waals surface area contributed by atoms with Gasteiger partial charge in [0.15, 0.2) is 34.9 Å². The Balaban J connectivity index is 0.000000268. The largest absolute Gasteiger partial charge is 0.493 e. The molecular formula is C45H49N3O11. The second-order valence-corrected chi connectivity index (χ2v) is 12.8. The van der Waals surface area contributed by atoms with Gasteiger partial charge >= 0.3 is 12.2 Å². The number of ether oxygens (including phenoxy) is 7. The average molecular weight is 808 g/mol. The van der Waals surface area contributed by atoms with Crippen LogP contribution >= 0.6 is 0 Å². The van der Waals surface area contributed by atoms with Gasteiger partial charge in [0.05, 0.1) is 28.4 Å². The standard InChI is InChI=1S/C25H26N2O6.C20H23NO5/c1-18-13-14-22(23(15-18)30-2)31-16-21(33-25(29)27-20-11-7-4-8-12-20)17-32-24(28)26-19-9-5-3-6-10-19;1-13(22)21-16-7-5-6-14(10-16)8-9-17(23)15-11-18(24-2)20(26-4)19(12-15)25-3/h3-15,21H,16-17H2,1-2H3,(H,26,28)(H,27,29);5-7,10-12H,8-9H2,1-4H3,(H,21,22). The minimum Gasteiger partial charge on any atom is -0.493 e. The van der Waals surface area contributed by atoms with E-state index >= 15 is 0 Å². The van der Waals surface area contributed by atoms with E-state index in [1.54, 1.807) is 73.8 Å². The SMILES string of the molecule is COc1cc(C(=O)CCc2cccc(NC(C)=O)c2)cc(OC)c1OC.COc1cc(C)ccc1OCC(COC(=O)Nc1ccccc1)OC(=O)Nc1ccccc1. The normalized spacial score (nSPS) is 10.7. The van der Waals surface area contributed by atoms with Gasteiger partial charge in [-0.15, -0.1) is 0 Å². The van der Waals surface area contributed by atoms with Crippen LogP contribution in [-0.2, 0) is 20.7 Å². The third-order valence-electron chi connectivity index (χ3n) is 8.33. The molecule has 5 aromatic rings. The van der Waals surface area contributed by atoms with E-state index in [0.717, 1.165) is 16.8 Å². The van der Waals surface area contributed by atoms with Gasteiger partial charge in [0.25, 0.3) is 0 Å². The monoisotopic (exact) mass is 807 g/mol. The molecule has 0 spiro atoms. The molecule has 3 N–H and O–H groups in total. The number of amides is 3.